The highest BCUT2D eigenvalue weighted by molar-refractivity contribution is 5.57. The molecule has 0 N–H and O–H groups in total. The van der Waals surface area contributed by atoms with E-state index >= 15 is 0 Å². The highest BCUT2D eigenvalue weighted by atomic mass is 16.6. The standard InChI is InChI=1S/C24H26N4O3/c1-4-7-9-17-27(6-3)21-13-11-20(12-14-21)25-26-23-16-15-22(28(29)30)19-24(23)31-18-10-8-5-2/h1-2,11-16,19H,6-10,17-18H2,3H3. The van der Waals surface area contributed by atoms with Gasteiger partial charge in [-0.1, -0.05) is 0 Å². The van der Waals surface area contributed by atoms with Crippen LogP contribution in [0.25, 0.3) is 0 Å². The second kappa shape index (κ2) is 12.7. The van der Waals surface area contributed by atoms with Crippen molar-refractivity contribution in [1.29, 1.82) is 0 Å². The molecule has 31 heavy (non-hydrogen) atoms. The first-order chi connectivity index (χ1) is 15.1. The number of azo groups is 1. The quantitative estimate of drug-likeness (QED) is 0.138. The fraction of sp³-hybridized carbons (Fsp3) is 0.333. The number of nitro benzene ring substituents is 1. The van der Waals surface area contributed by atoms with Gasteiger partial charge < -0.3 is 9.64 Å². The lowest BCUT2D eigenvalue weighted by atomic mass is 10.2. The Kier molecular flexibility index (Phi) is 9.58. The molecule has 0 atom stereocenters. The Hall–Kier alpha value is -3.84. The third-order valence-electron chi connectivity index (χ3n) is 4.50. The summed E-state index contributed by atoms with van der Waals surface area (Å²) in [5.41, 5.74) is 2.10. The molecule has 0 radical (unpaired) electrons. The molecule has 0 aliphatic rings. The summed E-state index contributed by atoms with van der Waals surface area (Å²) in [6, 6.07) is 12.0. The van der Waals surface area contributed by atoms with E-state index in [1.807, 2.05) is 24.3 Å². The highest BCUT2D eigenvalue weighted by Gasteiger charge is 2.12. The molecule has 0 unspecified atom stereocenters. The summed E-state index contributed by atoms with van der Waals surface area (Å²) in [7, 11) is 0. The van der Waals surface area contributed by atoms with Gasteiger partial charge in [-0.2, -0.15) is 5.11 Å². The summed E-state index contributed by atoms with van der Waals surface area (Å²) in [5.74, 6) is 5.50. The molecule has 0 heterocycles. The number of hydrogen-bond acceptors (Lipinski definition) is 6. The smallest absolute Gasteiger partial charge is 0.273 e. The minimum Gasteiger partial charge on any atom is -0.491 e. The molecule has 0 aliphatic carbocycles. The number of benzene rings is 2. The largest absolute Gasteiger partial charge is 0.491 e. The first kappa shape index (κ1) is 23.4. The highest BCUT2D eigenvalue weighted by Crippen LogP contribution is 2.33. The van der Waals surface area contributed by atoms with Crippen LogP contribution in [0.3, 0.4) is 0 Å². The lowest BCUT2D eigenvalue weighted by Gasteiger charge is -2.22. The van der Waals surface area contributed by atoms with Crippen LogP contribution in [0.4, 0.5) is 22.7 Å². The van der Waals surface area contributed by atoms with Gasteiger partial charge in [0, 0.05) is 37.7 Å². The Balaban J connectivity index is 2.13. The average Bonchev–Trinajstić information content (AvgIpc) is 2.79. The summed E-state index contributed by atoms with van der Waals surface area (Å²) in [6.45, 7) is 4.22. The van der Waals surface area contributed by atoms with Gasteiger partial charge in [-0.15, -0.1) is 29.8 Å². The van der Waals surface area contributed by atoms with Gasteiger partial charge >= 0.3 is 0 Å². The van der Waals surface area contributed by atoms with Crippen LogP contribution in [-0.4, -0.2) is 24.6 Å². The molecule has 2 aromatic carbocycles. The van der Waals surface area contributed by atoms with E-state index in [-0.39, 0.29) is 5.69 Å². The van der Waals surface area contributed by atoms with Crippen molar-refractivity contribution in [1.82, 2.24) is 0 Å². The molecule has 0 saturated carbocycles. The minimum absolute atomic E-state index is 0.0697. The number of non-ortho nitro benzene ring substituents is 1. The molecule has 0 bridgehead atoms. The van der Waals surface area contributed by atoms with E-state index < -0.39 is 4.92 Å². The summed E-state index contributed by atoms with van der Waals surface area (Å²) in [6.07, 6.45) is 13.5. The first-order valence-electron chi connectivity index (χ1n) is 10.1. The maximum atomic E-state index is 11.1. The van der Waals surface area contributed by atoms with Crippen molar-refractivity contribution in [3.05, 3.63) is 52.6 Å². The summed E-state index contributed by atoms with van der Waals surface area (Å²) < 4.78 is 5.66. The number of hydrogen-bond donors (Lipinski definition) is 0. The van der Waals surface area contributed by atoms with Gasteiger partial charge in [0.2, 0.25) is 0 Å². The molecule has 0 aromatic heterocycles. The van der Waals surface area contributed by atoms with Crippen LogP contribution in [0.1, 0.15) is 32.6 Å². The van der Waals surface area contributed by atoms with E-state index in [9.17, 15) is 10.1 Å². The third kappa shape index (κ3) is 7.49. The van der Waals surface area contributed by atoms with Crippen molar-refractivity contribution in [2.24, 2.45) is 10.2 Å². The Morgan fingerprint density at radius 3 is 2.42 bits per heavy atom. The van der Waals surface area contributed by atoms with Crippen LogP contribution < -0.4 is 9.64 Å². The molecular formula is C24H26N4O3. The van der Waals surface area contributed by atoms with E-state index in [2.05, 4.69) is 33.9 Å². The van der Waals surface area contributed by atoms with Gasteiger partial charge in [0.25, 0.3) is 5.69 Å². The minimum atomic E-state index is -0.475. The normalized spacial score (nSPS) is 10.4. The lowest BCUT2D eigenvalue weighted by molar-refractivity contribution is -0.384. The zero-order chi connectivity index (χ0) is 22.5. The van der Waals surface area contributed by atoms with Crippen LogP contribution >= 0.6 is 0 Å². The molecule has 0 aliphatic heterocycles. The number of nitro groups is 1. The SMILES string of the molecule is C#CCCCOc1cc([N+](=O)[O-])ccc1N=Nc1ccc(N(CC)CCCC#C)cc1. The van der Waals surface area contributed by atoms with E-state index in [4.69, 9.17) is 17.6 Å². The zero-order valence-corrected chi connectivity index (χ0v) is 17.7. The van der Waals surface area contributed by atoms with Gasteiger partial charge in [-0.05, 0) is 50.1 Å². The van der Waals surface area contributed by atoms with Gasteiger partial charge in [-0.3, -0.25) is 10.1 Å². The van der Waals surface area contributed by atoms with Crippen molar-refractivity contribution in [2.75, 3.05) is 24.6 Å². The molecule has 0 saturated heterocycles. The van der Waals surface area contributed by atoms with Crippen LogP contribution in [0.15, 0.2) is 52.7 Å². The van der Waals surface area contributed by atoms with Crippen molar-refractivity contribution in [3.63, 3.8) is 0 Å². The number of terminal acetylenes is 2. The average molecular weight is 418 g/mol. The predicted molar refractivity (Wildman–Crippen MR) is 123 cm³/mol. The van der Waals surface area contributed by atoms with Crippen LogP contribution in [-0.2, 0) is 0 Å². The Labute approximate surface area is 183 Å². The van der Waals surface area contributed by atoms with Gasteiger partial charge in [0.05, 0.1) is 23.3 Å². The Morgan fingerprint density at radius 1 is 1.06 bits per heavy atom. The maximum Gasteiger partial charge on any atom is 0.273 e. The third-order valence-corrected chi connectivity index (χ3v) is 4.50. The Morgan fingerprint density at radius 2 is 1.77 bits per heavy atom. The molecule has 0 spiro atoms. The molecule has 0 fully saturated rings. The van der Waals surface area contributed by atoms with Gasteiger partial charge in [-0.25, -0.2) is 0 Å². The topological polar surface area (TPSA) is 80.3 Å². The second-order valence-corrected chi connectivity index (χ2v) is 6.67. The number of ether oxygens (including phenoxy) is 1. The number of rotatable bonds is 12. The molecular weight excluding hydrogens is 392 g/mol. The summed E-state index contributed by atoms with van der Waals surface area (Å²) in [4.78, 5) is 12.8. The van der Waals surface area contributed by atoms with E-state index in [0.29, 0.717) is 36.6 Å². The number of nitrogens with zero attached hydrogens (tertiary/aromatic N) is 4. The first-order valence-corrected chi connectivity index (χ1v) is 10.1. The van der Waals surface area contributed by atoms with Crippen LogP contribution in [0.2, 0.25) is 0 Å². The second-order valence-electron chi connectivity index (χ2n) is 6.67. The predicted octanol–water partition coefficient (Wildman–Crippen LogP) is 6.04. The number of unbranched alkanes of at least 4 members (excludes halogenated alkanes) is 2. The molecule has 0 amide bonds. The van der Waals surface area contributed by atoms with Crippen molar-refractivity contribution in [2.45, 2.75) is 32.6 Å². The molecule has 2 rings (SSSR count). The van der Waals surface area contributed by atoms with Crippen LogP contribution in [0.5, 0.6) is 5.75 Å². The van der Waals surface area contributed by atoms with Gasteiger partial charge in [0.15, 0.2) is 5.75 Å². The maximum absolute atomic E-state index is 11.1. The fourth-order valence-corrected chi connectivity index (χ4v) is 2.85. The summed E-state index contributed by atoms with van der Waals surface area (Å²) >= 11 is 0. The van der Waals surface area contributed by atoms with Crippen molar-refractivity contribution < 1.29 is 9.66 Å². The lowest BCUT2D eigenvalue weighted by Crippen LogP contribution is -2.23. The van der Waals surface area contributed by atoms with Crippen molar-refractivity contribution in [3.8, 4) is 30.4 Å². The van der Waals surface area contributed by atoms with E-state index in [1.54, 1.807) is 0 Å². The monoisotopic (exact) mass is 418 g/mol. The zero-order valence-electron chi connectivity index (χ0n) is 17.7. The van der Waals surface area contributed by atoms with E-state index in [0.717, 1.165) is 31.6 Å². The molecule has 160 valence electrons. The van der Waals surface area contributed by atoms with Crippen LogP contribution in [0, 0.1) is 34.8 Å². The summed E-state index contributed by atoms with van der Waals surface area (Å²) in [5, 5.41) is 19.6. The Bertz CT molecular complexity index is 972. The van der Waals surface area contributed by atoms with Gasteiger partial charge in [0.1, 0.15) is 5.69 Å². The molecule has 7 nitrogen and oxygen atoms in total. The van der Waals surface area contributed by atoms with E-state index in [1.165, 1.54) is 18.2 Å². The molecule has 7 heteroatoms. The van der Waals surface area contributed by atoms with Crippen molar-refractivity contribution >= 4 is 22.7 Å². The molecule has 2 aromatic rings. The number of anilines is 1. The fourth-order valence-electron chi connectivity index (χ4n) is 2.85.